The zero-order valence-corrected chi connectivity index (χ0v) is 24.4. The number of hydrogen-bond acceptors (Lipinski definition) is 9. The minimum Gasteiger partial charge on any atom is -0.480 e. The average Bonchev–Trinajstić information content (AvgIpc) is 2.97. The molecule has 46 heavy (non-hydrogen) atoms. The second kappa shape index (κ2) is 12.8. The largest absolute Gasteiger partial charge is 0.480 e. The van der Waals surface area contributed by atoms with Crippen molar-refractivity contribution in [1.82, 2.24) is 9.88 Å². The van der Waals surface area contributed by atoms with Crippen LogP contribution in [-0.2, 0) is 21.0 Å². The monoisotopic (exact) mass is 676 g/mol. The number of hydrogen-bond donors (Lipinski definition) is 2. The SMILES string of the molecule is O=C(O)CN1CCN2c3ccc(-c4cc(F)cc(OC(F)F)c4)cc3N(S(=O)(=O)c3cc(C(F)(F)F)cnc3OCCO)C[C@@H]2C1. The van der Waals surface area contributed by atoms with E-state index in [4.69, 9.17) is 4.74 Å². The molecule has 3 aromatic rings. The van der Waals surface area contributed by atoms with Crippen molar-refractivity contribution in [2.75, 3.05) is 55.1 Å². The zero-order valence-electron chi connectivity index (χ0n) is 23.6. The van der Waals surface area contributed by atoms with Crippen LogP contribution in [0.15, 0.2) is 53.6 Å². The number of anilines is 2. The molecule has 3 heterocycles. The summed E-state index contributed by atoms with van der Waals surface area (Å²) >= 11 is 0. The van der Waals surface area contributed by atoms with Crippen LogP contribution in [-0.4, -0.2) is 93.1 Å². The van der Waals surface area contributed by atoms with Crippen molar-refractivity contribution < 1.29 is 59.2 Å². The van der Waals surface area contributed by atoms with Gasteiger partial charge < -0.3 is 24.6 Å². The second-order valence-electron chi connectivity index (χ2n) is 10.4. The van der Waals surface area contributed by atoms with Gasteiger partial charge in [0.1, 0.15) is 18.2 Å². The van der Waals surface area contributed by atoms with Crippen LogP contribution >= 0.6 is 0 Å². The summed E-state index contributed by atoms with van der Waals surface area (Å²) in [4.78, 5) is 17.4. The van der Waals surface area contributed by atoms with Gasteiger partial charge in [0, 0.05) is 31.9 Å². The first kappa shape index (κ1) is 33.1. The van der Waals surface area contributed by atoms with Gasteiger partial charge in [-0.3, -0.25) is 14.0 Å². The fourth-order valence-electron chi connectivity index (χ4n) is 5.43. The van der Waals surface area contributed by atoms with Gasteiger partial charge in [-0.05, 0) is 41.5 Å². The Morgan fingerprint density at radius 3 is 2.48 bits per heavy atom. The van der Waals surface area contributed by atoms with Gasteiger partial charge >= 0.3 is 18.8 Å². The molecule has 0 aliphatic carbocycles. The molecule has 11 nitrogen and oxygen atoms in total. The van der Waals surface area contributed by atoms with Crippen LogP contribution < -0.4 is 18.7 Å². The van der Waals surface area contributed by atoms with Gasteiger partial charge in [0.05, 0.1) is 42.7 Å². The van der Waals surface area contributed by atoms with E-state index in [1.807, 2.05) is 4.90 Å². The van der Waals surface area contributed by atoms with Gasteiger partial charge in [-0.15, -0.1) is 0 Å². The minimum atomic E-state index is -4.98. The van der Waals surface area contributed by atoms with Gasteiger partial charge in [0.15, 0.2) is 4.90 Å². The number of halogens is 6. The van der Waals surface area contributed by atoms with Crippen LogP contribution in [0.1, 0.15) is 5.56 Å². The molecule has 0 amide bonds. The van der Waals surface area contributed by atoms with Gasteiger partial charge in [0.2, 0.25) is 5.88 Å². The Kier molecular flexibility index (Phi) is 9.23. The van der Waals surface area contributed by atoms with E-state index in [-0.39, 0.29) is 43.0 Å². The molecule has 2 aliphatic rings. The van der Waals surface area contributed by atoms with Crippen molar-refractivity contribution in [3.8, 4) is 22.8 Å². The third kappa shape index (κ3) is 6.92. The van der Waals surface area contributed by atoms with Gasteiger partial charge in [-0.1, -0.05) is 6.07 Å². The minimum absolute atomic E-state index is 0.0356. The summed E-state index contributed by atoms with van der Waals surface area (Å²) in [6, 6.07) is 6.88. The molecule has 0 radical (unpaired) electrons. The van der Waals surface area contributed by atoms with E-state index in [1.165, 1.54) is 18.2 Å². The van der Waals surface area contributed by atoms with Crippen LogP contribution in [0.5, 0.6) is 11.6 Å². The number of carboxylic acids is 1. The zero-order chi connectivity index (χ0) is 33.4. The molecule has 0 spiro atoms. The Balaban J connectivity index is 1.66. The van der Waals surface area contributed by atoms with E-state index in [0.717, 1.165) is 22.5 Å². The van der Waals surface area contributed by atoms with Crippen LogP contribution in [0.2, 0.25) is 0 Å². The van der Waals surface area contributed by atoms with Crippen molar-refractivity contribution in [2.24, 2.45) is 0 Å². The highest BCUT2D eigenvalue weighted by Gasteiger charge is 2.42. The molecule has 0 saturated carbocycles. The highest BCUT2D eigenvalue weighted by atomic mass is 32.2. The number of benzene rings is 2. The Labute approximate surface area is 258 Å². The number of piperazine rings is 1. The smallest absolute Gasteiger partial charge is 0.417 e. The number of aliphatic hydroxyl groups excluding tert-OH is 1. The molecular formula is C28H26F6N4O7S. The number of aliphatic carboxylic acids is 1. The number of pyridine rings is 1. The maximum Gasteiger partial charge on any atom is 0.417 e. The predicted molar refractivity (Wildman–Crippen MR) is 150 cm³/mol. The summed E-state index contributed by atoms with van der Waals surface area (Å²) in [6.45, 7) is -4.36. The molecule has 1 atom stereocenters. The average molecular weight is 677 g/mol. The van der Waals surface area contributed by atoms with E-state index in [9.17, 15) is 49.8 Å². The molecule has 2 aromatic carbocycles. The van der Waals surface area contributed by atoms with Crippen LogP contribution in [0.4, 0.5) is 37.7 Å². The Hall–Kier alpha value is -4.29. The molecule has 18 heteroatoms. The topological polar surface area (TPSA) is 133 Å². The van der Waals surface area contributed by atoms with Crippen molar-refractivity contribution in [1.29, 1.82) is 0 Å². The summed E-state index contributed by atoms with van der Waals surface area (Å²) in [6.07, 6.45) is -4.59. The van der Waals surface area contributed by atoms with Crippen LogP contribution in [0.3, 0.4) is 0 Å². The second-order valence-corrected chi connectivity index (χ2v) is 12.2. The number of sulfonamides is 1. The van der Waals surface area contributed by atoms with E-state index < -0.39 is 75.9 Å². The third-order valence-corrected chi connectivity index (χ3v) is 9.10. The maximum absolute atomic E-state index is 14.4. The van der Waals surface area contributed by atoms with Crippen molar-refractivity contribution >= 4 is 27.4 Å². The standard InChI is InChI=1S/C28H26F6N4O7S/c29-19-7-17(8-21(11-19)45-27(30)31)16-1-2-22-23(9-16)38(14-20-13-36(15-25(40)41)3-4-37(20)22)46(42,43)24-10-18(28(32,33)34)12-35-26(24)44-6-5-39/h1-2,7-12,20,27,39H,3-6,13-15H2,(H,40,41)/t20-/m0/s1. The lowest BCUT2D eigenvalue weighted by atomic mass is 10.00. The molecule has 248 valence electrons. The first-order chi connectivity index (χ1) is 21.7. The summed E-state index contributed by atoms with van der Waals surface area (Å²) in [5.41, 5.74) is -0.897. The van der Waals surface area contributed by atoms with E-state index in [2.05, 4.69) is 9.72 Å². The Bertz CT molecular complexity index is 1730. The molecule has 5 rings (SSSR count). The quantitative estimate of drug-likeness (QED) is 0.307. The molecule has 2 N–H and O–H groups in total. The molecule has 1 fully saturated rings. The molecule has 1 saturated heterocycles. The van der Waals surface area contributed by atoms with E-state index in [0.29, 0.717) is 24.5 Å². The number of carboxylic acid groups (broad SMARTS) is 1. The number of carbonyl (C=O) groups is 1. The van der Waals surface area contributed by atoms with E-state index in [1.54, 1.807) is 4.90 Å². The van der Waals surface area contributed by atoms with Gasteiger partial charge in [-0.25, -0.2) is 17.8 Å². The number of fused-ring (bicyclic) bond motifs is 3. The van der Waals surface area contributed by atoms with Crippen LogP contribution in [0.25, 0.3) is 11.1 Å². The van der Waals surface area contributed by atoms with Crippen molar-refractivity contribution in [3.63, 3.8) is 0 Å². The molecular weight excluding hydrogens is 650 g/mol. The Morgan fingerprint density at radius 1 is 1.04 bits per heavy atom. The van der Waals surface area contributed by atoms with Crippen LogP contribution in [0, 0.1) is 5.82 Å². The summed E-state index contributed by atoms with van der Waals surface area (Å²) in [7, 11) is -4.94. The van der Waals surface area contributed by atoms with Gasteiger partial charge in [0.25, 0.3) is 10.0 Å². The predicted octanol–water partition coefficient (Wildman–Crippen LogP) is 3.66. The number of nitrogens with zero attached hydrogens (tertiary/aromatic N) is 4. The van der Waals surface area contributed by atoms with Gasteiger partial charge in [-0.2, -0.15) is 22.0 Å². The van der Waals surface area contributed by atoms with Crippen molar-refractivity contribution in [2.45, 2.75) is 23.7 Å². The number of aliphatic hydroxyl groups is 1. The molecule has 2 aliphatic heterocycles. The highest BCUT2D eigenvalue weighted by molar-refractivity contribution is 7.93. The molecule has 1 aromatic heterocycles. The number of alkyl halides is 5. The summed E-state index contributed by atoms with van der Waals surface area (Å²) in [5.74, 6) is -3.23. The fourth-order valence-corrected chi connectivity index (χ4v) is 7.05. The molecule has 0 bridgehead atoms. The number of aromatic nitrogens is 1. The summed E-state index contributed by atoms with van der Waals surface area (Å²) in [5, 5.41) is 18.5. The van der Waals surface area contributed by atoms with E-state index >= 15 is 0 Å². The normalized spacial score (nSPS) is 17.1. The lowest BCUT2D eigenvalue weighted by Crippen LogP contribution is -2.61. The molecule has 0 unspecified atom stereocenters. The number of rotatable bonds is 10. The summed E-state index contributed by atoms with van der Waals surface area (Å²) < 4.78 is 120. The Morgan fingerprint density at radius 2 is 1.80 bits per heavy atom. The number of ether oxygens (including phenoxy) is 2. The van der Waals surface area contributed by atoms with Crippen molar-refractivity contribution in [3.05, 3.63) is 60.0 Å². The third-order valence-electron chi connectivity index (χ3n) is 7.33. The lowest BCUT2D eigenvalue weighted by molar-refractivity contribution is -0.139. The highest BCUT2D eigenvalue weighted by Crippen LogP contribution is 2.44. The first-order valence-corrected chi connectivity index (χ1v) is 15.1. The maximum atomic E-state index is 14.4. The lowest BCUT2D eigenvalue weighted by Gasteiger charge is -2.49. The fraction of sp³-hybridized carbons (Fsp3) is 0.357. The first-order valence-electron chi connectivity index (χ1n) is 13.6.